The van der Waals surface area contributed by atoms with E-state index in [0.29, 0.717) is 11.3 Å². The van der Waals surface area contributed by atoms with Gasteiger partial charge in [0.1, 0.15) is 5.75 Å². The Labute approximate surface area is 125 Å². The predicted octanol–water partition coefficient (Wildman–Crippen LogP) is 5.34. The fraction of sp³-hybridized carbons (Fsp3) is 0.533. The van der Waals surface area contributed by atoms with Gasteiger partial charge < -0.3 is 4.43 Å². The lowest BCUT2D eigenvalue weighted by Crippen LogP contribution is -2.44. The van der Waals surface area contributed by atoms with Gasteiger partial charge in [-0.15, -0.1) is 0 Å². The van der Waals surface area contributed by atoms with Gasteiger partial charge in [-0.25, -0.2) is 0 Å². The fourth-order valence-electron chi connectivity index (χ4n) is 1.45. The Hall–Kier alpha value is -0.613. The van der Waals surface area contributed by atoms with Crippen molar-refractivity contribution in [3.8, 4) is 5.75 Å². The molecule has 0 radical (unpaired) electrons. The zero-order valence-corrected chi connectivity index (χ0v) is 15.4. The topological polar surface area (TPSA) is 26.3 Å². The molecule has 19 heavy (non-hydrogen) atoms. The summed E-state index contributed by atoms with van der Waals surface area (Å²) in [6, 6.07) is 3.82. The summed E-state index contributed by atoms with van der Waals surface area (Å²) in [5.74, 6) is 0.751. The summed E-state index contributed by atoms with van der Waals surface area (Å²) in [5.41, 5.74) is 1.72. The number of halogens is 1. The average molecular weight is 343 g/mol. The second kappa shape index (κ2) is 5.41. The van der Waals surface area contributed by atoms with Gasteiger partial charge in [0.2, 0.25) is 0 Å². The molecular weight excluding hydrogens is 320 g/mol. The molecule has 2 nitrogen and oxygen atoms in total. The summed E-state index contributed by atoms with van der Waals surface area (Å²) in [6.07, 6.45) is 0. The first-order chi connectivity index (χ1) is 8.45. The number of aryl methyl sites for hydroxylation is 1. The number of ketones is 1. The predicted molar refractivity (Wildman–Crippen MR) is 86.7 cm³/mol. The van der Waals surface area contributed by atoms with Gasteiger partial charge in [0, 0.05) is 4.47 Å². The van der Waals surface area contributed by atoms with E-state index in [4.69, 9.17) is 4.43 Å². The van der Waals surface area contributed by atoms with Crippen LogP contribution in [0, 0.1) is 6.92 Å². The van der Waals surface area contributed by atoms with Gasteiger partial charge in [-0.1, -0.05) is 36.7 Å². The fourth-order valence-corrected chi connectivity index (χ4v) is 2.80. The molecule has 0 N–H and O–H groups in total. The van der Waals surface area contributed by atoms with Crippen LogP contribution in [-0.2, 0) is 0 Å². The van der Waals surface area contributed by atoms with Crippen molar-refractivity contribution in [1.29, 1.82) is 0 Å². The molecule has 0 heterocycles. The molecule has 4 heteroatoms. The molecule has 0 saturated carbocycles. The van der Waals surface area contributed by atoms with E-state index in [1.807, 2.05) is 19.1 Å². The summed E-state index contributed by atoms with van der Waals surface area (Å²) in [6.45, 7) is 14.5. The summed E-state index contributed by atoms with van der Waals surface area (Å²) >= 11 is 3.51. The maximum absolute atomic E-state index is 11.8. The van der Waals surface area contributed by atoms with Crippen molar-refractivity contribution in [1.82, 2.24) is 0 Å². The first-order valence-electron chi connectivity index (χ1n) is 6.46. The van der Waals surface area contributed by atoms with Gasteiger partial charge in [0.25, 0.3) is 8.32 Å². The Balaban J connectivity index is 3.28. The highest BCUT2D eigenvalue weighted by molar-refractivity contribution is 9.10. The van der Waals surface area contributed by atoms with Crippen LogP contribution in [-0.4, -0.2) is 14.1 Å². The van der Waals surface area contributed by atoms with Gasteiger partial charge in [-0.05, 0) is 49.7 Å². The summed E-state index contributed by atoms with van der Waals surface area (Å²) in [7, 11) is -1.94. The number of hydrogen-bond acceptors (Lipinski definition) is 2. The molecule has 0 saturated heterocycles. The quantitative estimate of drug-likeness (QED) is 0.547. The van der Waals surface area contributed by atoms with Gasteiger partial charge >= 0.3 is 0 Å². The molecule has 0 unspecified atom stereocenters. The highest BCUT2D eigenvalue weighted by atomic mass is 79.9. The Bertz CT molecular complexity index is 502. The standard InChI is InChI=1S/C15H23BrO2Si/c1-10-8-12(11(2)17)14(9-13(10)16)18-19(6,7)15(3,4)5/h8-9H,1-7H3. The molecule has 0 aromatic heterocycles. The Morgan fingerprint density at radius 1 is 1.26 bits per heavy atom. The molecule has 106 valence electrons. The molecule has 0 aliphatic heterocycles. The molecule has 1 aromatic carbocycles. The van der Waals surface area contributed by atoms with E-state index < -0.39 is 8.32 Å². The number of carbonyl (C=O) groups excluding carboxylic acids is 1. The summed E-state index contributed by atoms with van der Waals surface area (Å²) in [5, 5.41) is 0.110. The van der Waals surface area contributed by atoms with Crippen molar-refractivity contribution in [2.75, 3.05) is 0 Å². The lowest BCUT2D eigenvalue weighted by atomic mass is 10.1. The monoisotopic (exact) mass is 342 g/mol. The largest absolute Gasteiger partial charge is 0.543 e. The van der Waals surface area contributed by atoms with Gasteiger partial charge in [0.05, 0.1) is 5.56 Å². The number of rotatable bonds is 3. The van der Waals surface area contributed by atoms with Crippen molar-refractivity contribution in [2.24, 2.45) is 0 Å². The zero-order valence-electron chi connectivity index (χ0n) is 12.8. The molecule has 0 amide bonds. The van der Waals surface area contributed by atoms with Crippen LogP contribution in [0.15, 0.2) is 16.6 Å². The van der Waals surface area contributed by atoms with E-state index in [1.54, 1.807) is 6.92 Å². The SMILES string of the molecule is CC(=O)c1cc(C)c(Br)cc1O[Si](C)(C)C(C)(C)C. The Kier molecular flexibility index (Phi) is 4.68. The summed E-state index contributed by atoms with van der Waals surface area (Å²) < 4.78 is 7.26. The van der Waals surface area contributed by atoms with Crippen molar-refractivity contribution in [2.45, 2.75) is 52.8 Å². The van der Waals surface area contributed by atoms with Crippen LogP contribution in [0.3, 0.4) is 0 Å². The molecule has 0 spiro atoms. The normalized spacial score (nSPS) is 12.4. The Morgan fingerprint density at radius 2 is 1.79 bits per heavy atom. The van der Waals surface area contributed by atoms with Gasteiger partial charge in [0.15, 0.2) is 5.78 Å². The second-order valence-electron chi connectivity index (χ2n) is 6.52. The molecule has 0 atom stereocenters. The molecule has 1 rings (SSSR count). The van der Waals surface area contributed by atoms with Crippen LogP contribution < -0.4 is 4.43 Å². The minimum Gasteiger partial charge on any atom is -0.543 e. The number of Topliss-reactive ketones (excluding diaryl/α,β-unsaturated/α-hetero) is 1. The lowest BCUT2D eigenvalue weighted by molar-refractivity contribution is 0.101. The minimum absolute atomic E-state index is 0.0457. The van der Waals surface area contributed by atoms with Crippen LogP contribution in [0.4, 0.5) is 0 Å². The number of carbonyl (C=O) groups is 1. The smallest absolute Gasteiger partial charge is 0.250 e. The summed E-state index contributed by atoms with van der Waals surface area (Å²) in [4.78, 5) is 11.8. The molecule has 0 fully saturated rings. The highest BCUT2D eigenvalue weighted by Crippen LogP contribution is 2.39. The van der Waals surface area contributed by atoms with Crippen molar-refractivity contribution in [3.05, 3.63) is 27.7 Å². The van der Waals surface area contributed by atoms with E-state index in [2.05, 4.69) is 49.8 Å². The van der Waals surface area contributed by atoms with E-state index in [-0.39, 0.29) is 10.8 Å². The van der Waals surface area contributed by atoms with E-state index in [1.165, 1.54) is 0 Å². The number of benzene rings is 1. The first-order valence-corrected chi connectivity index (χ1v) is 10.2. The van der Waals surface area contributed by atoms with E-state index >= 15 is 0 Å². The molecule has 0 aliphatic rings. The third kappa shape index (κ3) is 3.69. The molecular formula is C15H23BrO2Si. The maximum Gasteiger partial charge on any atom is 0.250 e. The van der Waals surface area contributed by atoms with Crippen LogP contribution in [0.5, 0.6) is 5.75 Å². The molecule has 0 aliphatic carbocycles. The van der Waals surface area contributed by atoms with Crippen LogP contribution in [0.25, 0.3) is 0 Å². The maximum atomic E-state index is 11.8. The third-order valence-corrected chi connectivity index (χ3v) is 9.01. The number of hydrogen-bond donors (Lipinski definition) is 0. The van der Waals surface area contributed by atoms with Crippen molar-refractivity contribution < 1.29 is 9.22 Å². The van der Waals surface area contributed by atoms with Crippen LogP contribution in [0.2, 0.25) is 18.1 Å². The lowest BCUT2D eigenvalue weighted by Gasteiger charge is -2.37. The van der Waals surface area contributed by atoms with Crippen molar-refractivity contribution >= 4 is 30.0 Å². The third-order valence-electron chi connectivity index (χ3n) is 3.81. The van der Waals surface area contributed by atoms with Gasteiger partial charge in [-0.2, -0.15) is 0 Å². The van der Waals surface area contributed by atoms with E-state index in [9.17, 15) is 4.79 Å². The average Bonchev–Trinajstić information content (AvgIpc) is 2.20. The molecule has 1 aromatic rings. The van der Waals surface area contributed by atoms with Crippen LogP contribution >= 0.6 is 15.9 Å². The zero-order chi connectivity index (χ0) is 15.0. The minimum atomic E-state index is -1.94. The van der Waals surface area contributed by atoms with E-state index in [0.717, 1.165) is 10.0 Å². The van der Waals surface area contributed by atoms with Crippen LogP contribution in [0.1, 0.15) is 43.6 Å². The van der Waals surface area contributed by atoms with Crippen molar-refractivity contribution in [3.63, 3.8) is 0 Å². The second-order valence-corrected chi connectivity index (χ2v) is 12.1. The van der Waals surface area contributed by atoms with Gasteiger partial charge in [-0.3, -0.25) is 4.79 Å². The highest BCUT2D eigenvalue weighted by Gasteiger charge is 2.39. The Morgan fingerprint density at radius 3 is 2.21 bits per heavy atom. The first kappa shape index (κ1) is 16.4. The molecule has 0 bridgehead atoms.